The van der Waals surface area contributed by atoms with Crippen LogP contribution in [0.2, 0.25) is 0 Å². The molecular weight excluding hydrogens is 102 g/mol. The number of rotatable bonds is 2. The van der Waals surface area contributed by atoms with E-state index in [1.54, 1.807) is 0 Å². The minimum Gasteiger partial charge on any atom is -0.390 e. The normalized spacial score (nSPS) is 27.4. The Bertz CT molecular complexity index is 86.5. The maximum Gasteiger partial charge on any atom is 0.0664 e. The van der Waals surface area contributed by atoms with E-state index in [1.165, 1.54) is 0 Å². The Morgan fingerprint density at radius 1 is 1.75 bits per heavy atom. The Kier molecular flexibility index (Phi) is 1.29. The summed E-state index contributed by atoms with van der Waals surface area (Å²) in [4.78, 5) is 0. The third kappa shape index (κ3) is 1.46. The van der Waals surface area contributed by atoms with Crippen molar-refractivity contribution in [1.82, 2.24) is 0 Å². The molecule has 0 aromatic carbocycles. The van der Waals surface area contributed by atoms with Crippen LogP contribution in [-0.2, 0) is 0 Å². The molecule has 0 radical (unpaired) electrons. The highest BCUT2D eigenvalue weighted by atomic mass is 16.3. The highest BCUT2D eigenvalue weighted by molar-refractivity contribution is 4.94. The van der Waals surface area contributed by atoms with Gasteiger partial charge in [0, 0.05) is 6.04 Å². The first kappa shape index (κ1) is 6.05. The Morgan fingerprint density at radius 2 is 2.25 bits per heavy atom. The molecule has 48 valence electrons. The molecule has 0 saturated heterocycles. The van der Waals surface area contributed by atoms with Crippen LogP contribution in [0.3, 0.4) is 0 Å². The summed E-state index contributed by atoms with van der Waals surface area (Å²) in [6.45, 7) is 1.93. The van der Waals surface area contributed by atoms with Crippen LogP contribution >= 0.6 is 0 Å². The third-order valence-electron chi connectivity index (χ3n) is 1.53. The van der Waals surface area contributed by atoms with Crippen LogP contribution < -0.4 is 5.73 Å². The quantitative estimate of drug-likeness (QED) is 0.542. The highest BCUT2D eigenvalue weighted by Crippen LogP contribution is 2.38. The number of aliphatic hydroxyl groups is 1. The molecule has 3 N–H and O–H groups in total. The molecule has 0 bridgehead atoms. The van der Waals surface area contributed by atoms with Crippen molar-refractivity contribution in [2.45, 2.75) is 37.8 Å². The Hall–Kier alpha value is -0.0800. The van der Waals surface area contributed by atoms with Crippen LogP contribution in [0.4, 0.5) is 0 Å². The molecule has 8 heavy (non-hydrogen) atoms. The second-order valence-electron chi connectivity index (χ2n) is 2.91. The summed E-state index contributed by atoms with van der Waals surface area (Å²) in [6, 6.07) is 0.155. The molecule has 0 heterocycles. The van der Waals surface area contributed by atoms with Gasteiger partial charge in [0.2, 0.25) is 0 Å². The standard InChI is InChI=1S/C6H13NO/c1-5(7)4-6(8)2-3-6/h5,8H,2-4,7H2,1H3. The van der Waals surface area contributed by atoms with Gasteiger partial charge in [-0.1, -0.05) is 0 Å². The summed E-state index contributed by atoms with van der Waals surface area (Å²) in [5, 5.41) is 9.22. The molecule has 1 aliphatic carbocycles. The van der Waals surface area contributed by atoms with Crippen molar-refractivity contribution in [1.29, 1.82) is 0 Å². The van der Waals surface area contributed by atoms with Crippen LogP contribution in [0.15, 0.2) is 0 Å². The van der Waals surface area contributed by atoms with E-state index < -0.39 is 0 Å². The summed E-state index contributed by atoms with van der Waals surface area (Å²) in [7, 11) is 0. The van der Waals surface area contributed by atoms with E-state index in [4.69, 9.17) is 5.73 Å². The van der Waals surface area contributed by atoms with Crippen molar-refractivity contribution < 1.29 is 5.11 Å². The van der Waals surface area contributed by atoms with Crippen LogP contribution in [-0.4, -0.2) is 16.7 Å². The van der Waals surface area contributed by atoms with Crippen molar-refractivity contribution in [2.75, 3.05) is 0 Å². The zero-order chi connectivity index (χ0) is 6.20. The first-order valence-electron chi connectivity index (χ1n) is 3.10. The van der Waals surface area contributed by atoms with Crippen LogP contribution in [0.1, 0.15) is 26.2 Å². The lowest BCUT2D eigenvalue weighted by Crippen LogP contribution is -2.23. The Labute approximate surface area is 49.7 Å². The van der Waals surface area contributed by atoms with Crippen LogP contribution in [0.25, 0.3) is 0 Å². The van der Waals surface area contributed by atoms with Crippen molar-refractivity contribution >= 4 is 0 Å². The maximum absolute atomic E-state index is 9.22. The van der Waals surface area contributed by atoms with E-state index in [2.05, 4.69) is 0 Å². The van der Waals surface area contributed by atoms with E-state index in [9.17, 15) is 5.11 Å². The largest absolute Gasteiger partial charge is 0.390 e. The molecule has 2 heteroatoms. The summed E-state index contributed by atoms with van der Waals surface area (Å²) in [5.74, 6) is 0. The maximum atomic E-state index is 9.22. The van der Waals surface area contributed by atoms with Crippen molar-refractivity contribution in [2.24, 2.45) is 5.73 Å². The van der Waals surface area contributed by atoms with E-state index in [0.29, 0.717) is 0 Å². The fourth-order valence-corrected chi connectivity index (χ4v) is 0.948. The first-order valence-corrected chi connectivity index (χ1v) is 3.10. The van der Waals surface area contributed by atoms with Gasteiger partial charge in [-0.3, -0.25) is 0 Å². The van der Waals surface area contributed by atoms with Crippen molar-refractivity contribution in [3.8, 4) is 0 Å². The van der Waals surface area contributed by atoms with Gasteiger partial charge in [-0.2, -0.15) is 0 Å². The molecule has 1 unspecified atom stereocenters. The molecule has 0 aromatic rings. The van der Waals surface area contributed by atoms with Gasteiger partial charge in [0.25, 0.3) is 0 Å². The van der Waals surface area contributed by atoms with E-state index in [0.717, 1.165) is 19.3 Å². The lowest BCUT2D eigenvalue weighted by molar-refractivity contribution is 0.133. The molecule has 0 aliphatic heterocycles. The predicted octanol–water partition coefficient (Wildman–Crippen LogP) is 0.249. The van der Waals surface area contributed by atoms with Crippen molar-refractivity contribution in [3.05, 3.63) is 0 Å². The lowest BCUT2D eigenvalue weighted by atomic mass is 10.1. The molecule has 1 aliphatic rings. The summed E-state index contributed by atoms with van der Waals surface area (Å²) < 4.78 is 0. The molecule has 1 fully saturated rings. The summed E-state index contributed by atoms with van der Waals surface area (Å²) in [6.07, 6.45) is 2.68. The summed E-state index contributed by atoms with van der Waals surface area (Å²) >= 11 is 0. The second kappa shape index (κ2) is 1.71. The summed E-state index contributed by atoms with van der Waals surface area (Å²) in [5.41, 5.74) is 5.11. The molecule has 0 spiro atoms. The van der Waals surface area contributed by atoms with Crippen LogP contribution in [0.5, 0.6) is 0 Å². The smallest absolute Gasteiger partial charge is 0.0664 e. The molecule has 1 rings (SSSR count). The van der Waals surface area contributed by atoms with Crippen LogP contribution in [0, 0.1) is 0 Å². The zero-order valence-electron chi connectivity index (χ0n) is 5.22. The van der Waals surface area contributed by atoms with Gasteiger partial charge in [-0.15, -0.1) is 0 Å². The van der Waals surface area contributed by atoms with Gasteiger partial charge in [-0.25, -0.2) is 0 Å². The van der Waals surface area contributed by atoms with E-state index in [1.807, 2.05) is 6.92 Å². The van der Waals surface area contributed by atoms with Gasteiger partial charge in [0.05, 0.1) is 5.60 Å². The van der Waals surface area contributed by atoms with Crippen molar-refractivity contribution in [3.63, 3.8) is 0 Å². The number of hydrogen-bond acceptors (Lipinski definition) is 2. The SMILES string of the molecule is CC(N)CC1(O)CC1. The first-order chi connectivity index (χ1) is 3.62. The highest BCUT2D eigenvalue weighted by Gasteiger charge is 2.40. The van der Waals surface area contributed by atoms with E-state index >= 15 is 0 Å². The predicted molar refractivity (Wildman–Crippen MR) is 32.5 cm³/mol. The van der Waals surface area contributed by atoms with Gasteiger partial charge in [0.1, 0.15) is 0 Å². The Balaban J connectivity index is 2.19. The average Bonchev–Trinajstić information content (AvgIpc) is 2.17. The molecule has 1 saturated carbocycles. The molecule has 2 nitrogen and oxygen atoms in total. The fraction of sp³-hybridized carbons (Fsp3) is 1.00. The molecule has 1 atom stereocenters. The fourth-order valence-electron chi connectivity index (χ4n) is 0.948. The minimum absolute atomic E-state index is 0.155. The zero-order valence-corrected chi connectivity index (χ0v) is 5.22. The lowest BCUT2D eigenvalue weighted by Gasteiger charge is -2.08. The monoisotopic (exact) mass is 115 g/mol. The topological polar surface area (TPSA) is 46.2 Å². The number of hydrogen-bond donors (Lipinski definition) is 2. The average molecular weight is 115 g/mol. The third-order valence-corrected chi connectivity index (χ3v) is 1.53. The van der Waals surface area contributed by atoms with Gasteiger partial charge in [0.15, 0.2) is 0 Å². The van der Waals surface area contributed by atoms with Gasteiger partial charge < -0.3 is 10.8 Å². The Morgan fingerprint density at radius 3 is 2.38 bits per heavy atom. The molecule has 0 amide bonds. The van der Waals surface area contributed by atoms with E-state index in [-0.39, 0.29) is 11.6 Å². The second-order valence-corrected chi connectivity index (χ2v) is 2.91. The molecule has 0 aromatic heterocycles. The molecular formula is C6H13NO. The number of nitrogens with two attached hydrogens (primary N) is 1. The van der Waals surface area contributed by atoms with Gasteiger partial charge >= 0.3 is 0 Å². The van der Waals surface area contributed by atoms with Gasteiger partial charge in [-0.05, 0) is 26.2 Å². The minimum atomic E-state index is -0.353.